The van der Waals surface area contributed by atoms with Crippen molar-refractivity contribution in [3.8, 4) is 0 Å². The van der Waals surface area contributed by atoms with Crippen molar-refractivity contribution in [2.75, 3.05) is 33.2 Å². The summed E-state index contributed by atoms with van der Waals surface area (Å²) in [7, 11) is 2.07. The number of hydrogen-bond acceptors (Lipinski definition) is 2. The molecule has 1 saturated heterocycles. The third kappa shape index (κ3) is 3.72. The maximum atomic E-state index is 12.3. The number of rotatable bonds is 3. The van der Waals surface area contributed by atoms with Gasteiger partial charge in [-0.1, -0.05) is 11.6 Å². The summed E-state index contributed by atoms with van der Waals surface area (Å²) in [5.74, 6) is 0. The predicted molar refractivity (Wildman–Crippen MR) is 65.5 cm³/mol. The summed E-state index contributed by atoms with van der Waals surface area (Å²) in [5.41, 5.74) is 1.35. The van der Waals surface area contributed by atoms with Crippen LogP contribution >= 0.6 is 0 Å². The summed E-state index contributed by atoms with van der Waals surface area (Å²) >= 11 is 0. The molecule has 2 rings (SSSR count). The third-order valence-electron chi connectivity index (χ3n) is 3.92. The van der Waals surface area contributed by atoms with E-state index >= 15 is 0 Å². The van der Waals surface area contributed by atoms with Crippen molar-refractivity contribution >= 4 is 0 Å². The first kappa shape index (κ1) is 13.9. The second-order valence-corrected chi connectivity index (χ2v) is 5.35. The molecule has 1 fully saturated rings. The van der Waals surface area contributed by atoms with Crippen molar-refractivity contribution < 1.29 is 13.2 Å². The number of likely N-dealkylation sites (N-methyl/N-ethyl adjacent to an activating group) is 1. The normalized spacial score (nSPS) is 27.6. The molecule has 2 heterocycles. The standard InChI is InChI=1S/C13H21F3N2/c1-17-8-4-11(5-9-17)12-3-2-7-18(12)10-6-13(14,15)16/h4,12H,2-3,5-10H2,1H3/t12-/m0/s1. The molecule has 0 amide bonds. The Morgan fingerprint density at radius 2 is 2.11 bits per heavy atom. The monoisotopic (exact) mass is 262 g/mol. The lowest BCUT2D eigenvalue weighted by molar-refractivity contribution is -0.138. The van der Waals surface area contributed by atoms with Crippen LogP contribution in [0.25, 0.3) is 0 Å². The Kier molecular flexibility index (Phi) is 4.33. The Morgan fingerprint density at radius 1 is 1.33 bits per heavy atom. The Labute approximate surface area is 106 Å². The van der Waals surface area contributed by atoms with Gasteiger partial charge in [0.25, 0.3) is 0 Å². The van der Waals surface area contributed by atoms with Crippen LogP contribution in [0.4, 0.5) is 13.2 Å². The van der Waals surface area contributed by atoms with Gasteiger partial charge in [0.1, 0.15) is 0 Å². The summed E-state index contributed by atoms with van der Waals surface area (Å²) in [6.07, 6.45) is 0.540. The highest BCUT2D eigenvalue weighted by Gasteiger charge is 2.33. The highest BCUT2D eigenvalue weighted by Crippen LogP contribution is 2.29. The zero-order valence-corrected chi connectivity index (χ0v) is 10.8. The lowest BCUT2D eigenvalue weighted by Gasteiger charge is -2.31. The minimum Gasteiger partial charge on any atom is -0.302 e. The topological polar surface area (TPSA) is 6.48 Å². The van der Waals surface area contributed by atoms with E-state index in [0.717, 1.165) is 38.9 Å². The first-order valence-corrected chi connectivity index (χ1v) is 6.64. The molecule has 2 aliphatic heterocycles. The second-order valence-electron chi connectivity index (χ2n) is 5.35. The molecule has 0 unspecified atom stereocenters. The molecular formula is C13H21F3N2. The molecule has 2 aliphatic rings. The molecule has 1 atom stereocenters. The van der Waals surface area contributed by atoms with Gasteiger partial charge in [0, 0.05) is 25.7 Å². The summed E-state index contributed by atoms with van der Waals surface area (Å²) in [6.45, 7) is 2.92. The minimum atomic E-state index is -4.03. The fraction of sp³-hybridized carbons (Fsp3) is 0.846. The molecule has 0 aromatic heterocycles. The summed E-state index contributed by atoms with van der Waals surface area (Å²) in [4.78, 5) is 4.25. The maximum absolute atomic E-state index is 12.3. The molecule has 104 valence electrons. The van der Waals surface area contributed by atoms with Crippen LogP contribution < -0.4 is 0 Å². The molecule has 2 nitrogen and oxygen atoms in total. The number of halogens is 3. The van der Waals surface area contributed by atoms with E-state index in [2.05, 4.69) is 18.0 Å². The SMILES string of the molecule is CN1CC=C([C@@H]2CCCN2CCC(F)(F)F)CC1. The van der Waals surface area contributed by atoms with Gasteiger partial charge in [-0.05, 0) is 32.9 Å². The van der Waals surface area contributed by atoms with Crippen molar-refractivity contribution in [1.29, 1.82) is 0 Å². The van der Waals surface area contributed by atoms with Crippen LogP contribution in [-0.4, -0.2) is 55.2 Å². The van der Waals surface area contributed by atoms with Crippen LogP contribution in [0.1, 0.15) is 25.7 Å². The fourth-order valence-electron chi connectivity index (χ4n) is 2.87. The van der Waals surface area contributed by atoms with Gasteiger partial charge in [-0.2, -0.15) is 13.2 Å². The van der Waals surface area contributed by atoms with Crippen molar-refractivity contribution in [2.24, 2.45) is 0 Å². The number of alkyl halides is 3. The quantitative estimate of drug-likeness (QED) is 0.721. The van der Waals surface area contributed by atoms with E-state index in [1.54, 1.807) is 0 Å². The second kappa shape index (κ2) is 5.61. The summed E-state index contributed by atoms with van der Waals surface area (Å²) in [6, 6.07) is 0.265. The maximum Gasteiger partial charge on any atom is 0.390 e. The van der Waals surface area contributed by atoms with E-state index in [4.69, 9.17) is 0 Å². The Hall–Kier alpha value is -0.550. The largest absolute Gasteiger partial charge is 0.390 e. The first-order chi connectivity index (χ1) is 8.46. The number of likely N-dealkylation sites (tertiary alicyclic amines) is 1. The van der Waals surface area contributed by atoms with E-state index < -0.39 is 12.6 Å². The Morgan fingerprint density at radius 3 is 2.72 bits per heavy atom. The molecule has 5 heteroatoms. The molecule has 0 saturated carbocycles. The van der Waals surface area contributed by atoms with Crippen LogP contribution in [0, 0.1) is 0 Å². The van der Waals surface area contributed by atoms with Crippen LogP contribution in [-0.2, 0) is 0 Å². The molecule has 0 aliphatic carbocycles. The van der Waals surface area contributed by atoms with Crippen molar-refractivity contribution in [2.45, 2.75) is 37.9 Å². The molecule has 0 N–H and O–H groups in total. The van der Waals surface area contributed by atoms with E-state index in [1.807, 2.05) is 4.90 Å². The van der Waals surface area contributed by atoms with E-state index in [9.17, 15) is 13.2 Å². The van der Waals surface area contributed by atoms with Gasteiger partial charge in [0.2, 0.25) is 0 Å². The minimum absolute atomic E-state index is 0.154. The van der Waals surface area contributed by atoms with Gasteiger partial charge in [-0.15, -0.1) is 0 Å². The fourth-order valence-corrected chi connectivity index (χ4v) is 2.87. The van der Waals surface area contributed by atoms with Crippen molar-refractivity contribution in [1.82, 2.24) is 9.80 Å². The lowest BCUT2D eigenvalue weighted by atomic mass is 9.98. The molecular weight excluding hydrogens is 241 g/mol. The summed E-state index contributed by atoms with van der Waals surface area (Å²) < 4.78 is 36.8. The first-order valence-electron chi connectivity index (χ1n) is 6.64. The molecule has 0 bridgehead atoms. The lowest BCUT2D eigenvalue weighted by Crippen LogP contribution is -2.36. The van der Waals surface area contributed by atoms with E-state index in [0.29, 0.717) is 0 Å². The van der Waals surface area contributed by atoms with Crippen LogP contribution in [0.5, 0.6) is 0 Å². The van der Waals surface area contributed by atoms with Gasteiger partial charge in [0.15, 0.2) is 0 Å². The number of hydrogen-bond donors (Lipinski definition) is 0. The summed E-state index contributed by atoms with van der Waals surface area (Å²) in [5, 5.41) is 0. The zero-order chi connectivity index (χ0) is 13.2. The van der Waals surface area contributed by atoms with Crippen molar-refractivity contribution in [3.63, 3.8) is 0 Å². The highest BCUT2D eigenvalue weighted by molar-refractivity contribution is 5.16. The van der Waals surface area contributed by atoms with E-state index in [1.165, 1.54) is 5.57 Å². The number of nitrogens with zero attached hydrogens (tertiary/aromatic N) is 2. The van der Waals surface area contributed by atoms with Crippen LogP contribution in [0.3, 0.4) is 0 Å². The average Bonchev–Trinajstić information content (AvgIpc) is 2.75. The molecule has 0 aromatic rings. The van der Waals surface area contributed by atoms with Crippen LogP contribution in [0.2, 0.25) is 0 Å². The van der Waals surface area contributed by atoms with Gasteiger partial charge >= 0.3 is 6.18 Å². The smallest absolute Gasteiger partial charge is 0.302 e. The Balaban J connectivity index is 1.91. The molecule has 0 spiro atoms. The Bertz CT molecular complexity index is 312. The van der Waals surface area contributed by atoms with Gasteiger partial charge in [-0.3, -0.25) is 4.90 Å². The average molecular weight is 262 g/mol. The van der Waals surface area contributed by atoms with Gasteiger partial charge < -0.3 is 4.90 Å². The van der Waals surface area contributed by atoms with E-state index in [-0.39, 0.29) is 12.6 Å². The van der Waals surface area contributed by atoms with Gasteiger partial charge in [0.05, 0.1) is 6.42 Å². The highest BCUT2D eigenvalue weighted by atomic mass is 19.4. The molecule has 0 radical (unpaired) electrons. The predicted octanol–water partition coefficient (Wildman–Crippen LogP) is 2.67. The van der Waals surface area contributed by atoms with Gasteiger partial charge in [-0.25, -0.2) is 0 Å². The molecule has 0 aromatic carbocycles. The zero-order valence-electron chi connectivity index (χ0n) is 10.8. The van der Waals surface area contributed by atoms with Crippen molar-refractivity contribution in [3.05, 3.63) is 11.6 Å². The molecule has 18 heavy (non-hydrogen) atoms. The van der Waals surface area contributed by atoms with Crippen LogP contribution in [0.15, 0.2) is 11.6 Å². The third-order valence-corrected chi connectivity index (χ3v) is 3.92.